The molecule has 3 rings (SSSR count). The van der Waals surface area contributed by atoms with Crippen LogP contribution >= 0.6 is 0 Å². The summed E-state index contributed by atoms with van der Waals surface area (Å²) in [7, 11) is -7.42. The summed E-state index contributed by atoms with van der Waals surface area (Å²) in [5.41, 5.74) is 1.87. The Hall–Kier alpha value is -2.32. The molecule has 27 heavy (non-hydrogen) atoms. The van der Waals surface area contributed by atoms with Crippen LogP contribution in [0.5, 0.6) is 0 Å². The summed E-state index contributed by atoms with van der Waals surface area (Å²) < 4.78 is 53.9. The normalized spacial score (nSPS) is 18.3. The van der Waals surface area contributed by atoms with E-state index in [4.69, 9.17) is 9.44 Å². The number of hydrogen-bond donors (Lipinski definition) is 0. The lowest BCUT2D eigenvalue weighted by Gasteiger charge is -2.16. The first-order chi connectivity index (χ1) is 12.7. The van der Waals surface area contributed by atoms with E-state index in [-0.39, 0.29) is 18.0 Å². The first-order valence-electron chi connectivity index (χ1n) is 8.04. The molecule has 0 saturated carbocycles. The van der Waals surface area contributed by atoms with Crippen LogP contribution in [0.3, 0.4) is 0 Å². The van der Waals surface area contributed by atoms with Gasteiger partial charge < -0.3 is 0 Å². The largest absolute Gasteiger partial charge is 0.266 e. The standard InChI is InChI=1S/C17H17N3O5S2/c1-26(21,22)25-15-8-9-20(12-15)27(23,24)16-6-7-17(19-11-16)14-4-2-13(10-18)3-5-14/h2-7,11,15H,8-9,12H2,1H3/t15-/m0/s1. The molecule has 0 N–H and O–H groups in total. The van der Waals surface area contributed by atoms with Gasteiger partial charge >= 0.3 is 0 Å². The van der Waals surface area contributed by atoms with Gasteiger partial charge in [-0.05, 0) is 30.7 Å². The van der Waals surface area contributed by atoms with E-state index in [0.29, 0.717) is 17.7 Å². The number of nitriles is 1. The van der Waals surface area contributed by atoms with Gasteiger partial charge in [0.15, 0.2) is 0 Å². The van der Waals surface area contributed by atoms with E-state index in [1.54, 1.807) is 30.3 Å². The zero-order valence-electron chi connectivity index (χ0n) is 14.4. The summed E-state index contributed by atoms with van der Waals surface area (Å²) >= 11 is 0. The minimum absolute atomic E-state index is 0.0211. The summed E-state index contributed by atoms with van der Waals surface area (Å²) in [5.74, 6) is 0. The minimum atomic E-state index is -3.78. The van der Waals surface area contributed by atoms with Gasteiger partial charge in [-0.25, -0.2) is 8.42 Å². The van der Waals surface area contributed by atoms with Crippen LogP contribution in [0.4, 0.5) is 0 Å². The van der Waals surface area contributed by atoms with Crippen molar-refractivity contribution in [3.05, 3.63) is 48.2 Å². The van der Waals surface area contributed by atoms with Crippen LogP contribution in [-0.4, -0.2) is 51.6 Å². The highest BCUT2D eigenvalue weighted by atomic mass is 32.2. The Kier molecular flexibility index (Phi) is 5.30. The molecular formula is C17H17N3O5S2. The van der Waals surface area contributed by atoms with Crippen molar-refractivity contribution in [3.8, 4) is 17.3 Å². The minimum Gasteiger partial charge on any atom is -0.266 e. The quantitative estimate of drug-likeness (QED) is 0.687. The Morgan fingerprint density at radius 2 is 1.85 bits per heavy atom. The molecule has 1 aromatic heterocycles. The number of aromatic nitrogens is 1. The van der Waals surface area contributed by atoms with Gasteiger partial charge in [0.05, 0.1) is 29.7 Å². The fourth-order valence-corrected chi connectivity index (χ4v) is 4.89. The van der Waals surface area contributed by atoms with Gasteiger partial charge in [-0.1, -0.05) is 12.1 Å². The molecule has 0 aliphatic carbocycles. The second-order valence-corrected chi connectivity index (χ2v) is 9.68. The van der Waals surface area contributed by atoms with E-state index < -0.39 is 26.2 Å². The van der Waals surface area contributed by atoms with Crippen LogP contribution < -0.4 is 0 Å². The van der Waals surface area contributed by atoms with Crippen LogP contribution in [-0.2, 0) is 24.3 Å². The van der Waals surface area contributed by atoms with Crippen LogP contribution in [0.1, 0.15) is 12.0 Å². The van der Waals surface area contributed by atoms with E-state index in [2.05, 4.69) is 4.98 Å². The van der Waals surface area contributed by atoms with E-state index in [0.717, 1.165) is 11.8 Å². The number of sulfonamides is 1. The first-order valence-corrected chi connectivity index (χ1v) is 11.3. The lowest BCUT2D eigenvalue weighted by molar-refractivity contribution is 0.225. The monoisotopic (exact) mass is 407 g/mol. The van der Waals surface area contributed by atoms with Gasteiger partial charge in [0.25, 0.3) is 10.1 Å². The van der Waals surface area contributed by atoms with Gasteiger partial charge in [0.2, 0.25) is 10.0 Å². The third-order valence-corrected chi connectivity index (χ3v) is 6.57. The molecule has 1 aromatic carbocycles. The van der Waals surface area contributed by atoms with Crippen molar-refractivity contribution in [3.63, 3.8) is 0 Å². The molecule has 1 aliphatic heterocycles. The van der Waals surface area contributed by atoms with Gasteiger partial charge in [-0.2, -0.15) is 18.0 Å². The Bertz CT molecular complexity index is 1070. The third-order valence-electron chi connectivity index (χ3n) is 4.10. The number of nitrogens with zero attached hydrogens (tertiary/aromatic N) is 3. The molecule has 0 bridgehead atoms. The molecule has 0 radical (unpaired) electrons. The highest BCUT2D eigenvalue weighted by Gasteiger charge is 2.34. The molecule has 1 saturated heterocycles. The maximum Gasteiger partial charge on any atom is 0.264 e. The molecule has 0 amide bonds. The molecule has 1 aliphatic rings. The molecule has 142 valence electrons. The van der Waals surface area contributed by atoms with Gasteiger partial charge in [0, 0.05) is 24.8 Å². The average molecular weight is 407 g/mol. The van der Waals surface area contributed by atoms with Gasteiger partial charge in [-0.15, -0.1) is 0 Å². The molecule has 2 heterocycles. The molecule has 8 nitrogen and oxygen atoms in total. The van der Waals surface area contributed by atoms with Gasteiger partial charge in [0.1, 0.15) is 4.90 Å². The van der Waals surface area contributed by atoms with Gasteiger partial charge in [-0.3, -0.25) is 9.17 Å². The van der Waals surface area contributed by atoms with Crippen LogP contribution in [0.2, 0.25) is 0 Å². The SMILES string of the molecule is CS(=O)(=O)O[C@H]1CCN(S(=O)(=O)c2ccc(-c3ccc(C#N)cc3)nc2)C1. The van der Waals surface area contributed by atoms with Crippen molar-refractivity contribution in [1.29, 1.82) is 5.26 Å². The average Bonchev–Trinajstić information content (AvgIpc) is 3.09. The zero-order chi connectivity index (χ0) is 19.7. The number of hydrogen-bond acceptors (Lipinski definition) is 7. The van der Waals surface area contributed by atoms with Crippen LogP contribution in [0.15, 0.2) is 47.5 Å². The Morgan fingerprint density at radius 1 is 1.15 bits per heavy atom. The topological polar surface area (TPSA) is 117 Å². The highest BCUT2D eigenvalue weighted by Crippen LogP contribution is 2.25. The zero-order valence-corrected chi connectivity index (χ0v) is 16.1. The summed E-state index contributed by atoms with van der Waals surface area (Å²) in [6.45, 7) is 0.159. The second-order valence-electron chi connectivity index (χ2n) is 6.14. The van der Waals surface area contributed by atoms with E-state index in [1.165, 1.54) is 16.6 Å². The van der Waals surface area contributed by atoms with Crippen molar-refractivity contribution in [2.45, 2.75) is 17.4 Å². The second kappa shape index (κ2) is 7.36. The Morgan fingerprint density at radius 3 is 2.41 bits per heavy atom. The Balaban J connectivity index is 1.77. The summed E-state index contributed by atoms with van der Waals surface area (Å²) in [6, 6.07) is 11.9. The number of rotatable bonds is 5. The van der Waals surface area contributed by atoms with Crippen molar-refractivity contribution >= 4 is 20.1 Å². The van der Waals surface area contributed by atoms with Crippen molar-refractivity contribution < 1.29 is 21.0 Å². The maximum absolute atomic E-state index is 12.7. The Labute approximate surface area is 158 Å². The summed E-state index contributed by atoms with van der Waals surface area (Å²) in [6.07, 6.45) is 1.84. The molecule has 1 atom stereocenters. The van der Waals surface area contributed by atoms with E-state index in [9.17, 15) is 16.8 Å². The molecule has 1 fully saturated rings. The van der Waals surface area contributed by atoms with Crippen molar-refractivity contribution in [2.24, 2.45) is 0 Å². The predicted octanol–water partition coefficient (Wildman–Crippen LogP) is 1.36. The molecule has 10 heteroatoms. The van der Waals surface area contributed by atoms with Crippen molar-refractivity contribution in [2.75, 3.05) is 19.3 Å². The van der Waals surface area contributed by atoms with Crippen LogP contribution in [0, 0.1) is 11.3 Å². The fraction of sp³-hybridized carbons (Fsp3) is 0.294. The maximum atomic E-state index is 12.7. The lowest BCUT2D eigenvalue weighted by Crippen LogP contribution is -2.31. The van der Waals surface area contributed by atoms with Crippen molar-refractivity contribution in [1.82, 2.24) is 9.29 Å². The lowest BCUT2D eigenvalue weighted by atomic mass is 10.1. The van der Waals surface area contributed by atoms with E-state index in [1.807, 2.05) is 6.07 Å². The fourth-order valence-electron chi connectivity index (χ4n) is 2.81. The molecular weight excluding hydrogens is 390 g/mol. The molecule has 0 unspecified atom stereocenters. The number of benzene rings is 1. The van der Waals surface area contributed by atoms with Crippen LogP contribution in [0.25, 0.3) is 11.3 Å². The first kappa shape index (κ1) is 19.4. The molecule has 0 spiro atoms. The predicted molar refractivity (Wildman–Crippen MR) is 97.5 cm³/mol. The summed E-state index contributed by atoms with van der Waals surface area (Å²) in [5, 5.41) is 8.83. The van der Waals surface area contributed by atoms with E-state index >= 15 is 0 Å². The molecule has 2 aromatic rings. The third kappa shape index (κ3) is 4.51. The highest BCUT2D eigenvalue weighted by molar-refractivity contribution is 7.89. The summed E-state index contributed by atoms with van der Waals surface area (Å²) in [4.78, 5) is 4.23. The smallest absolute Gasteiger partial charge is 0.264 e. The number of pyridine rings is 1.